The van der Waals surface area contributed by atoms with Crippen LogP contribution in [0.15, 0.2) is 122 Å². The predicted octanol–water partition coefficient (Wildman–Crippen LogP) is 0.274. The van der Waals surface area contributed by atoms with E-state index >= 15 is 19.2 Å². The lowest BCUT2D eigenvalue weighted by atomic mass is 9.98. The molecular formula is C73H97N23O11. The number of fused-ring (bicyclic) bond motifs is 4. The number of hydrogen-bond acceptors (Lipinski definition) is 14. The van der Waals surface area contributed by atoms with Crippen molar-refractivity contribution in [3.05, 3.63) is 144 Å². The van der Waals surface area contributed by atoms with Crippen molar-refractivity contribution in [3.63, 3.8) is 0 Å². The van der Waals surface area contributed by atoms with Gasteiger partial charge in [0.15, 0.2) is 17.9 Å². The molecule has 0 bridgehead atoms. The molecule has 107 heavy (non-hydrogen) atoms. The maximum atomic E-state index is 15.5. The van der Waals surface area contributed by atoms with E-state index in [1.54, 1.807) is 98.4 Å². The first-order valence-corrected chi connectivity index (χ1v) is 35.4. The maximum Gasteiger partial charge on any atom is 0.326 e. The molecule has 34 heteroatoms. The van der Waals surface area contributed by atoms with Gasteiger partial charge in [-0.3, -0.25) is 59.4 Å². The summed E-state index contributed by atoms with van der Waals surface area (Å²) in [5.41, 5.74) is 33.7. The molecule has 10 atom stereocenters. The van der Waals surface area contributed by atoms with Gasteiger partial charge < -0.3 is 112 Å². The van der Waals surface area contributed by atoms with Gasteiger partial charge in [0, 0.05) is 120 Å². The number of para-hydroxylation sites is 4. The minimum atomic E-state index is -1.59. The molecule has 0 radical (unpaired) electrons. The molecule has 4 heterocycles. The molecule has 8 rings (SSSR count). The Morgan fingerprint density at radius 2 is 0.636 bits per heavy atom. The number of carbonyl (C=O) groups is 10. The number of benzene rings is 4. The summed E-state index contributed by atoms with van der Waals surface area (Å²) in [6, 6.07) is 15.6. The number of carbonyl (C=O) groups excluding carboxylic acids is 9. The average Bonchev–Trinajstić information content (AvgIpc) is 1.72. The number of carboxylic acid groups (broad SMARTS) is 1. The highest BCUT2D eigenvalue weighted by Crippen LogP contribution is 2.25. The van der Waals surface area contributed by atoms with E-state index in [0.717, 1.165) is 10.9 Å². The Labute approximate surface area is 615 Å². The molecule has 570 valence electrons. The Bertz CT molecular complexity index is 4490. The standard InChI is InChI=1S/C73H97N23O11/c1-3-39(2)61(75)69(105)92-54(25-14-30-84-73(80)81)63(99)91-55(26-27-60(74)97)65(101)94-57(32-41-36-86-49-20-9-5-16-45(41)49)67(103)95-56(31-40-35-85-48-19-8-4-15-44(40)48)66(102)90-52(23-12-28-82-71(76)77)62(98)89-53(24-13-29-83-72(78)79)64(100)93-58(33-42-37-87-50-21-10-6-17-46(42)50)68(104)96-59(70(106)107)34-43-38-88-51-22-11-7-18-47(43)51/h4-11,15-22,35-39,52-59,61,85-88H,3,12-14,23-34,75H2,1-2H3,(H2,74,97)(H,89,98)(H,90,102)(H,91,99)(H,92,105)(H,93,100)(H,94,101)(H,95,103)(H,96,104)(H,106,107)(H4,76,77,82)(H4,78,79,83)(H4,80,81,84)/t39-,52-,53-,54-,55-,56-,57-,58-,59-,61-/m0/s1. The average molecular weight is 1470 g/mol. The van der Waals surface area contributed by atoms with E-state index in [9.17, 15) is 33.9 Å². The number of amides is 9. The minimum absolute atomic E-state index is 0.0177. The molecule has 0 saturated heterocycles. The number of aliphatic carboxylic acids is 1. The van der Waals surface area contributed by atoms with Gasteiger partial charge in [-0.05, 0) is 97.4 Å². The monoisotopic (exact) mass is 1470 g/mol. The second kappa shape index (κ2) is 38.9. The number of nitrogens with two attached hydrogens (primary N) is 5. The largest absolute Gasteiger partial charge is 0.480 e. The molecular weight excluding hydrogens is 1370 g/mol. The Hall–Kier alpha value is -12.5. The van der Waals surface area contributed by atoms with Crippen molar-refractivity contribution in [3.8, 4) is 0 Å². The van der Waals surface area contributed by atoms with E-state index in [1.807, 2.05) is 37.3 Å². The summed E-state index contributed by atoms with van der Waals surface area (Å²) in [7, 11) is 0. The number of nitrogens with one attached hydrogen (secondary N) is 18. The Kier molecular flexibility index (Phi) is 29.1. The molecule has 0 fully saturated rings. The van der Waals surface area contributed by atoms with Gasteiger partial charge in [-0.15, -0.1) is 0 Å². The number of carboxylic acids is 1. The Morgan fingerprint density at radius 3 is 0.916 bits per heavy atom. The van der Waals surface area contributed by atoms with Crippen molar-refractivity contribution in [2.75, 3.05) is 19.6 Å². The molecule has 29 N–H and O–H groups in total. The van der Waals surface area contributed by atoms with E-state index in [-0.39, 0.29) is 108 Å². The lowest BCUT2D eigenvalue weighted by molar-refractivity contribution is -0.142. The normalized spacial score (nSPS) is 14.1. The summed E-state index contributed by atoms with van der Waals surface area (Å²) in [5.74, 6) is -10.7. The van der Waals surface area contributed by atoms with Crippen LogP contribution in [0.4, 0.5) is 0 Å². The number of aromatic amines is 4. The van der Waals surface area contributed by atoms with Crippen LogP contribution in [0, 0.1) is 22.1 Å². The zero-order chi connectivity index (χ0) is 77.3. The minimum Gasteiger partial charge on any atom is -0.480 e. The van der Waals surface area contributed by atoms with Crippen molar-refractivity contribution < 1.29 is 53.1 Å². The van der Waals surface area contributed by atoms with Crippen LogP contribution >= 0.6 is 0 Å². The lowest BCUT2D eigenvalue weighted by Gasteiger charge is -2.28. The summed E-state index contributed by atoms with van der Waals surface area (Å²) in [6.07, 6.45) is 5.46. The molecule has 0 unspecified atom stereocenters. The quantitative estimate of drug-likeness (QED) is 0.0139. The van der Waals surface area contributed by atoms with Crippen LogP contribution in [-0.2, 0) is 73.6 Å². The van der Waals surface area contributed by atoms with E-state index < -0.39 is 126 Å². The Balaban J connectivity index is 1.11. The molecule has 4 aromatic heterocycles. The van der Waals surface area contributed by atoms with Gasteiger partial charge in [-0.25, -0.2) is 4.79 Å². The second-order valence-electron chi connectivity index (χ2n) is 26.4. The zero-order valence-electron chi connectivity index (χ0n) is 59.6. The summed E-state index contributed by atoms with van der Waals surface area (Å²) < 4.78 is 0. The number of primary amides is 1. The van der Waals surface area contributed by atoms with Crippen LogP contribution < -0.4 is 87.2 Å². The van der Waals surface area contributed by atoms with Crippen molar-refractivity contribution in [2.45, 2.75) is 152 Å². The maximum absolute atomic E-state index is 15.5. The van der Waals surface area contributed by atoms with Crippen molar-refractivity contribution >= 4 is 121 Å². The highest BCUT2D eigenvalue weighted by molar-refractivity contribution is 6.00. The van der Waals surface area contributed by atoms with Gasteiger partial charge in [0.1, 0.15) is 48.3 Å². The van der Waals surface area contributed by atoms with Gasteiger partial charge in [-0.2, -0.15) is 0 Å². The third-order valence-electron chi connectivity index (χ3n) is 18.6. The Morgan fingerprint density at radius 1 is 0.383 bits per heavy atom. The number of aromatic nitrogens is 4. The molecule has 0 spiro atoms. The molecule has 0 aliphatic carbocycles. The first kappa shape index (κ1) is 80.2. The molecule has 8 aromatic rings. The fourth-order valence-corrected chi connectivity index (χ4v) is 12.5. The summed E-state index contributed by atoms with van der Waals surface area (Å²) in [4.78, 5) is 157. The third kappa shape index (κ3) is 23.3. The van der Waals surface area contributed by atoms with Crippen molar-refractivity contribution in [2.24, 2.45) is 34.6 Å². The van der Waals surface area contributed by atoms with Crippen LogP contribution in [-0.4, -0.2) is 176 Å². The van der Waals surface area contributed by atoms with E-state index in [2.05, 4.69) is 78.4 Å². The number of hydrogen-bond donors (Lipinski definition) is 24. The molecule has 0 aliphatic rings. The number of H-pyrrole nitrogens is 4. The molecule has 34 nitrogen and oxygen atoms in total. The molecule has 0 saturated carbocycles. The van der Waals surface area contributed by atoms with Crippen molar-refractivity contribution in [1.82, 2.24) is 78.4 Å². The highest BCUT2D eigenvalue weighted by atomic mass is 16.4. The topological polar surface area (TPSA) is 588 Å². The van der Waals surface area contributed by atoms with Gasteiger partial charge >= 0.3 is 5.97 Å². The van der Waals surface area contributed by atoms with Crippen molar-refractivity contribution in [1.29, 1.82) is 16.2 Å². The predicted molar refractivity (Wildman–Crippen MR) is 404 cm³/mol. The second-order valence-corrected chi connectivity index (χ2v) is 26.4. The zero-order valence-corrected chi connectivity index (χ0v) is 59.6. The van der Waals surface area contributed by atoms with Crippen LogP contribution in [0.25, 0.3) is 43.6 Å². The first-order valence-electron chi connectivity index (χ1n) is 35.4. The number of rotatable bonds is 42. The number of guanidine groups is 3. The fraction of sp³-hybridized carbons (Fsp3) is 0.384. The third-order valence-corrected chi connectivity index (χ3v) is 18.6. The fourth-order valence-electron chi connectivity index (χ4n) is 12.5. The summed E-state index contributed by atoms with van der Waals surface area (Å²) in [5, 5.41) is 66.5. The van der Waals surface area contributed by atoms with Crippen LogP contribution in [0.5, 0.6) is 0 Å². The molecule has 0 aliphatic heterocycles. The van der Waals surface area contributed by atoms with Crippen LogP contribution in [0.2, 0.25) is 0 Å². The van der Waals surface area contributed by atoms with Crippen LogP contribution in [0.1, 0.15) is 93.9 Å². The highest BCUT2D eigenvalue weighted by Gasteiger charge is 2.37. The van der Waals surface area contributed by atoms with Gasteiger partial charge in [0.2, 0.25) is 53.2 Å². The smallest absolute Gasteiger partial charge is 0.326 e. The summed E-state index contributed by atoms with van der Waals surface area (Å²) >= 11 is 0. The first-order chi connectivity index (χ1) is 51.3. The van der Waals surface area contributed by atoms with E-state index in [4.69, 9.17) is 44.9 Å². The van der Waals surface area contributed by atoms with Gasteiger partial charge in [0.05, 0.1) is 6.04 Å². The van der Waals surface area contributed by atoms with Gasteiger partial charge in [-0.1, -0.05) is 93.1 Å². The SMILES string of the molecule is CC[C@H](C)[C@H](N)C(=O)N[C@@H](CCCNC(=N)N)C(=O)N[C@@H](CCC(N)=O)C(=O)N[C@@H](Cc1c[nH]c2ccccc12)C(=O)N[C@@H](Cc1c[nH]c2ccccc12)C(=O)N[C@@H](CCCNC(=N)N)C(=O)N[C@@H](CCCNC(=N)N)C(=O)N[C@@H](Cc1c[nH]c2ccccc12)C(=O)N[C@@H](Cc1c[nH]c2ccccc12)C(=O)O. The molecule has 4 aromatic carbocycles. The molecule has 9 amide bonds. The summed E-state index contributed by atoms with van der Waals surface area (Å²) in [6.45, 7) is 3.79. The van der Waals surface area contributed by atoms with E-state index in [1.165, 1.54) is 0 Å². The van der Waals surface area contributed by atoms with E-state index in [0.29, 0.717) is 61.4 Å². The lowest BCUT2D eigenvalue weighted by Crippen LogP contribution is -2.61. The van der Waals surface area contributed by atoms with Gasteiger partial charge in [0.25, 0.3) is 0 Å². The van der Waals surface area contributed by atoms with Crippen LogP contribution in [0.3, 0.4) is 0 Å².